The topological polar surface area (TPSA) is 112 Å². The van der Waals surface area contributed by atoms with Crippen LogP contribution in [0.25, 0.3) is 11.0 Å². The van der Waals surface area contributed by atoms with E-state index in [-0.39, 0.29) is 28.9 Å². The maximum absolute atomic E-state index is 12.6. The molecule has 3 saturated carbocycles. The lowest BCUT2D eigenvalue weighted by atomic mass is 9.43. The number of hydrogen-bond acceptors (Lipinski definition) is 7. The predicted octanol–water partition coefficient (Wildman–Crippen LogP) is 2.05. The summed E-state index contributed by atoms with van der Waals surface area (Å²) >= 11 is 5.95. The van der Waals surface area contributed by atoms with E-state index < -0.39 is 24.5 Å². The number of nitrogen functional groups attached to an aromatic ring is 1. The Morgan fingerprint density at radius 3 is 2.86 bits per heavy atom. The van der Waals surface area contributed by atoms with E-state index in [9.17, 15) is 9.90 Å². The number of aromatic nitrogens is 3. The number of aliphatic hydroxyl groups is 1. The van der Waals surface area contributed by atoms with Crippen molar-refractivity contribution < 1.29 is 19.4 Å². The van der Waals surface area contributed by atoms with Gasteiger partial charge in [0, 0.05) is 12.6 Å². The van der Waals surface area contributed by atoms with Gasteiger partial charge in [-0.2, -0.15) is 4.98 Å². The van der Waals surface area contributed by atoms with Gasteiger partial charge in [0.05, 0.1) is 18.4 Å². The molecule has 29 heavy (non-hydrogen) atoms. The SMILES string of the molecule is C#C[C@]1(CO)O[C@@H](n2ccc3c(N)nc(Cl)nc32)C[C@@H]1OC(=O)CC12CC(C1)C2. The molecule has 0 aromatic carbocycles. The average molecular weight is 417 g/mol. The van der Waals surface area contributed by atoms with E-state index in [1.807, 2.05) is 0 Å². The van der Waals surface area contributed by atoms with Crippen LogP contribution < -0.4 is 5.73 Å². The van der Waals surface area contributed by atoms with E-state index in [1.54, 1.807) is 16.8 Å². The maximum Gasteiger partial charge on any atom is 0.306 e. The first-order chi connectivity index (χ1) is 13.9. The molecule has 4 fully saturated rings. The number of carbonyl (C=O) groups excluding carboxylic acids is 1. The minimum absolute atomic E-state index is 0.0138. The molecule has 4 aliphatic rings. The second kappa shape index (κ2) is 6.33. The first-order valence-corrected chi connectivity index (χ1v) is 10.0. The van der Waals surface area contributed by atoms with Gasteiger partial charge in [-0.25, -0.2) is 4.98 Å². The Morgan fingerprint density at radius 1 is 1.48 bits per heavy atom. The highest BCUT2D eigenvalue weighted by molar-refractivity contribution is 6.28. The van der Waals surface area contributed by atoms with Crippen molar-refractivity contribution in [3.05, 3.63) is 17.5 Å². The molecule has 152 valence electrons. The van der Waals surface area contributed by atoms with Crippen molar-refractivity contribution in [2.75, 3.05) is 12.3 Å². The van der Waals surface area contributed by atoms with Crippen LogP contribution in [-0.2, 0) is 14.3 Å². The van der Waals surface area contributed by atoms with E-state index in [4.69, 9.17) is 33.2 Å². The third kappa shape index (κ3) is 2.80. The van der Waals surface area contributed by atoms with Crippen molar-refractivity contribution in [2.24, 2.45) is 11.3 Å². The van der Waals surface area contributed by atoms with E-state index in [1.165, 1.54) is 0 Å². The quantitative estimate of drug-likeness (QED) is 0.435. The summed E-state index contributed by atoms with van der Waals surface area (Å²) in [5.74, 6) is 3.24. The van der Waals surface area contributed by atoms with E-state index in [0.29, 0.717) is 17.5 Å². The predicted molar refractivity (Wildman–Crippen MR) is 105 cm³/mol. The number of fused-ring (bicyclic) bond motifs is 1. The molecular formula is C20H21ClN4O4. The van der Waals surface area contributed by atoms with Crippen LogP contribution in [0.5, 0.6) is 0 Å². The Balaban J connectivity index is 1.40. The van der Waals surface area contributed by atoms with Gasteiger partial charge in [-0.05, 0) is 48.3 Å². The van der Waals surface area contributed by atoms with Crippen LogP contribution in [0.4, 0.5) is 5.82 Å². The Hall–Kier alpha value is -2.34. The molecule has 0 unspecified atom stereocenters. The number of esters is 1. The second-order valence-corrected chi connectivity index (χ2v) is 8.81. The molecule has 3 heterocycles. The minimum Gasteiger partial charge on any atom is -0.458 e. The number of ether oxygens (including phenoxy) is 2. The monoisotopic (exact) mass is 416 g/mol. The third-order valence-corrected chi connectivity index (χ3v) is 6.77. The van der Waals surface area contributed by atoms with Crippen LogP contribution in [0.15, 0.2) is 12.3 Å². The Bertz CT molecular complexity index is 1030. The number of nitrogens with zero attached hydrogens (tertiary/aromatic N) is 3. The Labute approximate surface area is 172 Å². The lowest BCUT2D eigenvalue weighted by Crippen LogP contribution is -2.53. The molecule has 8 nitrogen and oxygen atoms in total. The Morgan fingerprint density at radius 2 is 2.24 bits per heavy atom. The van der Waals surface area contributed by atoms with Crippen LogP contribution in [0, 0.1) is 23.7 Å². The molecule has 2 aromatic rings. The highest BCUT2D eigenvalue weighted by Crippen LogP contribution is 2.66. The van der Waals surface area contributed by atoms with Crippen molar-refractivity contribution in [3.8, 4) is 12.3 Å². The highest BCUT2D eigenvalue weighted by Gasteiger charge is 2.58. The highest BCUT2D eigenvalue weighted by atomic mass is 35.5. The molecule has 9 heteroatoms. The van der Waals surface area contributed by atoms with Crippen LogP contribution in [-0.4, -0.2) is 43.9 Å². The number of aliphatic hydroxyl groups excluding tert-OH is 1. The van der Waals surface area contributed by atoms with Crippen molar-refractivity contribution in [2.45, 2.75) is 50.0 Å². The normalized spacial score (nSPS) is 35.0. The number of carbonyl (C=O) groups is 1. The smallest absolute Gasteiger partial charge is 0.306 e. The summed E-state index contributed by atoms with van der Waals surface area (Å²) in [7, 11) is 0. The summed E-state index contributed by atoms with van der Waals surface area (Å²) in [6.45, 7) is -0.470. The molecule has 2 bridgehead atoms. The van der Waals surface area contributed by atoms with Gasteiger partial charge in [0.1, 0.15) is 23.8 Å². The molecule has 0 spiro atoms. The van der Waals surface area contributed by atoms with Gasteiger partial charge >= 0.3 is 5.97 Å². The molecule has 0 amide bonds. The summed E-state index contributed by atoms with van der Waals surface area (Å²) < 4.78 is 13.5. The fourth-order valence-electron chi connectivity index (χ4n) is 5.01. The zero-order valence-corrected chi connectivity index (χ0v) is 16.4. The van der Waals surface area contributed by atoms with Gasteiger partial charge in [0.25, 0.3) is 0 Å². The first kappa shape index (κ1) is 18.7. The van der Waals surface area contributed by atoms with Gasteiger partial charge in [0.2, 0.25) is 5.28 Å². The van der Waals surface area contributed by atoms with E-state index in [2.05, 4.69) is 15.9 Å². The second-order valence-electron chi connectivity index (χ2n) is 8.47. The molecule has 1 aliphatic heterocycles. The van der Waals surface area contributed by atoms with Crippen LogP contribution >= 0.6 is 11.6 Å². The molecule has 0 radical (unpaired) electrons. The fourth-order valence-corrected chi connectivity index (χ4v) is 5.18. The van der Waals surface area contributed by atoms with Crippen LogP contribution in [0.2, 0.25) is 5.28 Å². The zero-order chi connectivity index (χ0) is 20.4. The molecule has 3 N–H and O–H groups in total. The number of hydrogen-bond donors (Lipinski definition) is 2. The molecule has 3 atom stereocenters. The summed E-state index contributed by atoms with van der Waals surface area (Å²) in [6.07, 6.45) is 10.0. The van der Waals surface area contributed by atoms with E-state index >= 15 is 0 Å². The van der Waals surface area contributed by atoms with Crippen molar-refractivity contribution in [3.63, 3.8) is 0 Å². The summed E-state index contributed by atoms with van der Waals surface area (Å²) in [5.41, 5.74) is 5.11. The lowest BCUT2D eigenvalue weighted by molar-refractivity contribution is -0.175. The van der Waals surface area contributed by atoms with Gasteiger partial charge in [0.15, 0.2) is 5.60 Å². The number of terminal acetylenes is 1. The summed E-state index contributed by atoms with van der Waals surface area (Å²) in [5, 5.41) is 10.6. The standard InChI is InChI=1S/C20H21ClN4O4/c1-2-20(10-26)13(28-15(27)9-19-6-11(7-19)8-19)5-14(29-20)25-4-3-12-16(22)23-18(21)24-17(12)25/h1,3-4,11,13-14,26H,5-10H2,(H2,22,23,24)/t11?,13-,14+,19?,20+/m0/s1. The average Bonchev–Trinajstić information content (AvgIpc) is 3.19. The number of nitrogens with two attached hydrogens (primary N) is 1. The largest absolute Gasteiger partial charge is 0.458 e. The molecule has 6 rings (SSSR count). The van der Waals surface area contributed by atoms with Crippen LogP contribution in [0.3, 0.4) is 0 Å². The summed E-state index contributed by atoms with van der Waals surface area (Å²) in [6, 6.07) is 1.75. The number of anilines is 1. The fraction of sp³-hybridized carbons (Fsp3) is 0.550. The van der Waals surface area contributed by atoms with Crippen molar-refractivity contribution in [1.29, 1.82) is 0 Å². The Kier molecular flexibility index (Phi) is 4.07. The van der Waals surface area contributed by atoms with Crippen molar-refractivity contribution in [1.82, 2.24) is 14.5 Å². The molecule has 2 aromatic heterocycles. The molecule has 3 aliphatic carbocycles. The van der Waals surface area contributed by atoms with Gasteiger partial charge < -0.3 is 24.9 Å². The third-order valence-electron chi connectivity index (χ3n) is 6.60. The number of halogens is 1. The molecule has 1 saturated heterocycles. The lowest BCUT2D eigenvalue weighted by Gasteiger charge is -2.61. The molecular weight excluding hydrogens is 396 g/mol. The summed E-state index contributed by atoms with van der Waals surface area (Å²) in [4.78, 5) is 20.7. The van der Waals surface area contributed by atoms with E-state index in [0.717, 1.165) is 25.2 Å². The minimum atomic E-state index is -1.42. The van der Waals surface area contributed by atoms with Gasteiger partial charge in [-0.1, -0.05) is 5.92 Å². The number of rotatable bonds is 5. The zero-order valence-electron chi connectivity index (χ0n) is 15.7. The van der Waals surface area contributed by atoms with Crippen LogP contribution in [0.1, 0.15) is 38.3 Å². The van der Waals surface area contributed by atoms with Crippen molar-refractivity contribution >= 4 is 34.4 Å². The first-order valence-electron chi connectivity index (χ1n) is 9.62. The van der Waals surface area contributed by atoms with Gasteiger partial charge in [-0.15, -0.1) is 6.42 Å². The maximum atomic E-state index is 12.6. The van der Waals surface area contributed by atoms with Gasteiger partial charge in [-0.3, -0.25) is 4.79 Å².